The lowest BCUT2D eigenvalue weighted by atomic mass is 10.0. The zero-order valence-corrected chi connectivity index (χ0v) is 10.1. The van der Waals surface area contributed by atoms with E-state index in [0.29, 0.717) is 5.69 Å². The first-order valence-electron chi connectivity index (χ1n) is 5.93. The van der Waals surface area contributed by atoms with Crippen molar-refractivity contribution in [1.82, 2.24) is 0 Å². The molecule has 0 heterocycles. The second-order valence-electron chi connectivity index (χ2n) is 5.08. The van der Waals surface area contributed by atoms with Crippen molar-refractivity contribution in [3.63, 3.8) is 0 Å². The van der Waals surface area contributed by atoms with E-state index in [2.05, 4.69) is 5.32 Å². The molecule has 2 saturated carbocycles. The van der Waals surface area contributed by atoms with Crippen LogP contribution in [0.1, 0.15) is 19.3 Å². The zero-order valence-electron chi connectivity index (χ0n) is 9.32. The molecule has 0 spiro atoms. The molecular weight excluding hydrogens is 238 g/mol. The van der Waals surface area contributed by atoms with E-state index in [4.69, 9.17) is 11.6 Å². The fourth-order valence-corrected chi connectivity index (χ4v) is 2.94. The van der Waals surface area contributed by atoms with Gasteiger partial charge in [0.05, 0.1) is 5.02 Å². The summed E-state index contributed by atoms with van der Waals surface area (Å²) in [4.78, 5) is 12.0. The second-order valence-corrected chi connectivity index (χ2v) is 5.49. The summed E-state index contributed by atoms with van der Waals surface area (Å²) in [7, 11) is 0. The van der Waals surface area contributed by atoms with Crippen LogP contribution in [0.2, 0.25) is 5.02 Å². The first kappa shape index (κ1) is 10.9. The van der Waals surface area contributed by atoms with Crippen LogP contribution in [0, 0.1) is 17.8 Å². The Balaban J connectivity index is 1.65. The minimum absolute atomic E-state index is 0.0341. The predicted octanol–water partition coefficient (Wildman–Crippen LogP) is 3.03. The number of carbonyl (C=O) groups is 1. The smallest absolute Gasteiger partial charge is 0.227 e. The predicted molar refractivity (Wildman–Crippen MR) is 66.1 cm³/mol. The lowest BCUT2D eigenvalue weighted by Crippen LogP contribution is -2.21. The van der Waals surface area contributed by atoms with E-state index < -0.39 is 0 Å². The number of amides is 1. The van der Waals surface area contributed by atoms with Crippen molar-refractivity contribution in [3.8, 4) is 5.75 Å². The highest BCUT2D eigenvalue weighted by atomic mass is 35.5. The summed E-state index contributed by atoms with van der Waals surface area (Å²) in [6, 6.07) is 4.73. The Labute approximate surface area is 105 Å². The van der Waals surface area contributed by atoms with Gasteiger partial charge in [0.15, 0.2) is 0 Å². The Kier molecular flexibility index (Phi) is 2.51. The van der Waals surface area contributed by atoms with Gasteiger partial charge in [-0.3, -0.25) is 4.79 Å². The van der Waals surface area contributed by atoms with E-state index in [9.17, 15) is 9.90 Å². The number of phenolic OH excluding ortho intramolecular Hbond substituents is 1. The van der Waals surface area contributed by atoms with Crippen LogP contribution >= 0.6 is 11.6 Å². The van der Waals surface area contributed by atoms with Gasteiger partial charge in [-0.25, -0.2) is 0 Å². The molecule has 2 aliphatic rings. The Bertz CT molecular complexity index is 464. The van der Waals surface area contributed by atoms with Gasteiger partial charge in [-0.1, -0.05) is 11.6 Å². The Morgan fingerprint density at radius 2 is 2.00 bits per heavy atom. The first-order valence-corrected chi connectivity index (χ1v) is 6.30. The molecule has 2 N–H and O–H groups in total. The molecule has 4 heteroatoms. The van der Waals surface area contributed by atoms with Crippen LogP contribution in [-0.4, -0.2) is 11.0 Å². The van der Waals surface area contributed by atoms with Gasteiger partial charge < -0.3 is 10.4 Å². The summed E-state index contributed by atoms with van der Waals surface area (Å²) in [5, 5.41) is 12.4. The number of fused-ring (bicyclic) bond motifs is 1. The Morgan fingerprint density at radius 1 is 1.29 bits per heavy atom. The van der Waals surface area contributed by atoms with Crippen molar-refractivity contribution in [2.75, 3.05) is 5.32 Å². The van der Waals surface area contributed by atoms with Crippen molar-refractivity contribution in [1.29, 1.82) is 0 Å². The van der Waals surface area contributed by atoms with Crippen molar-refractivity contribution in [2.45, 2.75) is 19.3 Å². The molecule has 2 atom stereocenters. The second kappa shape index (κ2) is 3.91. The van der Waals surface area contributed by atoms with E-state index >= 15 is 0 Å². The van der Waals surface area contributed by atoms with Crippen LogP contribution in [-0.2, 0) is 4.79 Å². The summed E-state index contributed by atoms with van der Waals surface area (Å²) in [5.41, 5.74) is 0.651. The number of hydrogen-bond donors (Lipinski definition) is 2. The topological polar surface area (TPSA) is 49.3 Å². The summed E-state index contributed by atoms with van der Waals surface area (Å²) >= 11 is 5.79. The summed E-state index contributed by atoms with van der Waals surface area (Å²) in [6.45, 7) is 0. The molecule has 17 heavy (non-hydrogen) atoms. The molecule has 0 saturated heterocycles. The molecule has 3 rings (SSSR count). The van der Waals surface area contributed by atoms with Gasteiger partial charge in [-0.05, 0) is 49.3 Å². The summed E-state index contributed by atoms with van der Waals surface area (Å²) in [5.74, 6) is 1.88. The van der Waals surface area contributed by atoms with Gasteiger partial charge in [-0.15, -0.1) is 0 Å². The van der Waals surface area contributed by atoms with Crippen molar-refractivity contribution in [3.05, 3.63) is 23.2 Å². The van der Waals surface area contributed by atoms with E-state index in [1.54, 1.807) is 12.1 Å². The minimum atomic E-state index is 0.0341. The lowest BCUT2D eigenvalue weighted by Gasteiger charge is -2.12. The van der Waals surface area contributed by atoms with Gasteiger partial charge in [0.2, 0.25) is 5.91 Å². The molecule has 1 aromatic rings. The third-order valence-corrected chi connectivity index (χ3v) is 4.13. The Hall–Kier alpha value is -1.22. The highest BCUT2D eigenvalue weighted by Gasteiger charge is 2.47. The van der Waals surface area contributed by atoms with Crippen molar-refractivity contribution < 1.29 is 9.90 Å². The van der Waals surface area contributed by atoms with Gasteiger partial charge in [0.25, 0.3) is 0 Å². The molecule has 1 aromatic carbocycles. The van der Waals surface area contributed by atoms with Gasteiger partial charge >= 0.3 is 0 Å². The van der Waals surface area contributed by atoms with Gasteiger partial charge in [-0.2, -0.15) is 0 Å². The van der Waals surface area contributed by atoms with E-state index in [0.717, 1.165) is 24.7 Å². The molecule has 0 aromatic heterocycles. The number of carbonyl (C=O) groups excluding carboxylic acids is 1. The molecule has 1 amide bonds. The van der Waals surface area contributed by atoms with Crippen LogP contribution in [0.15, 0.2) is 18.2 Å². The number of nitrogens with one attached hydrogen (secondary N) is 1. The molecule has 2 aliphatic carbocycles. The van der Waals surface area contributed by atoms with E-state index in [1.807, 2.05) is 0 Å². The molecule has 0 bridgehead atoms. The Morgan fingerprint density at radius 3 is 2.65 bits per heavy atom. The van der Waals surface area contributed by atoms with Gasteiger partial charge in [0.1, 0.15) is 5.75 Å². The molecule has 2 unspecified atom stereocenters. The number of anilines is 1. The fourth-order valence-electron chi connectivity index (χ4n) is 2.76. The van der Waals surface area contributed by atoms with Crippen LogP contribution < -0.4 is 5.32 Å². The maximum absolute atomic E-state index is 12.0. The zero-order chi connectivity index (χ0) is 12.0. The summed E-state index contributed by atoms with van der Waals surface area (Å²) in [6.07, 6.45) is 3.37. The average Bonchev–Trinajstić information content (AvgIpc) is 2.91. The van der Waals surface area contributed by atoms with Crippen molar-refractivity contribution in [2.24, 2.45) is 17.8 Å². The third kappa shape index (κ3) is 2.12. The quantitative estimate of drug-likeness (QED) is 0.794. The number of halogens is 1. The fraction of sp³-hybridized carbons (Fsp3) is 0.462. The largest absolute Gasteiger partial charge is 0.506 e. The molecule has 90 valence electrons. The standard InChI is InChI=1S/C13H14ClNO2/c14-11-6-10(1-2-12(11)16)15-13(17)9-4-7-3-8(7)5-9/h1-2,6-9,16H,3-5H2,(H,15,17). The van der Waals surface area contributed by atoms with Gasteiger partial charge in [0, 0.05) is 11.6 Å². The number of aromatic hydroxyl groups is 1. The number of rotatable bonds is 2. The minimum Gasteiger partial charge on any atom is -0.506 e. The summed E-state index contributed by atoms with van der Waals surface area (Å²) < 4.78 is 0. The number of phenols is 1. The molecule has 2 fully saturated rings. The number of benzene rings is 1. The number of hydrogen-bond acceptors (Lipinski definition) is 2. The maximum Gasteiger partial charge on any atom is 0.227 e. The monoisotopic (exact) mass is 251 g/mol. The highest BCUT2D eigenvalue weighted by molar-refractivity contribution is 6.32. The maximum atomic E-state index is 12.0. The molecule has 0 aliphatic heterocycles. The van der Waals surface area contributed by atoms with Crippen LogP contribution in [0.4, 0.5) is 5.69 Å². The molecule has 3 nitrogen and oxygen atoms in total. The van der Waals surface area contributed by atoms with Crippen molar-refractivity contribution >= 4 is 23.2 Å². The molecule has 0 radical (unpaired) electrons. The average molecular weight is 252 g/mol. The van der Waals surface area contributed by atoms with Crippen LogP contribution in [0.25, 0.3) is 0 Å². The van der Waals surface area contributed by atoms with Crippen LogP contribution in [0.3, 0.4) is 0 Å². The van der Waals surface area contributed by atoms with E-state index in [-0.39, 0.29) is 22.6 Å². The first-order chi connectivity index (χ1) is 8.13. The SMILES string of the molecule is O=C(Nc1ccc(O)c(Cl)c1)C1CC2CC2C1. The van der Waals surface area contributed by atoms with E-state index in [1.165, 1.54) is 12.5 Å². The third-order valence-electron chi connectivity index (χ3n) is 3.83. The highest BCUT2D eigenvalue weighted by Crippen LogP contribution is 2.54. The normalized spacial score (nSPS) is 29.8. The lowest BCUT2D eigenvalue weighted by molar-refractivity contribution is -0.120. The van der Waals surface area contributed by atoms with Crippen LogP contribution in [0.5, 0.6) is 5.75 Å². The molecular formula is C13H14ClNO2.